The van der Waals surface area contributed by atoms with Gasteiger partial charge in [0.15, 0.2) is 0 Å². The molecule has 1 atom stereocenters. The fraction of sp³-hybridized carbons (Fsp3) is 0.286. The van der Waals surface area contributed by atoms with E-state index in [2.05, 4.69) is 28.2 Å². The number of nitrogens with one attached hydrogen (secondary N) is 1. The van der Waals surface area contributed by atoms with E-state index >= 15 is 0 Å². The highest BCUT2D eigenvalue weighted by Crippen LogP contribution is 2.24. The summed E-state index contributed by atoms with van der Waals surface area (Å²) in [6, 6.07) is 12.6. The van der Waals surface area contributed by atoms with Gasteiger partial charge in [-0.3, -0.25) is 0 Å². The summed E-state index contributed by atoms with van der Waals surface area (Å²) < 4.78 is 6.91. The molecule has 0 spiro atoms. The van der Waals surface area contributed by atoms with Gasteiger partial charge in [0.1, 0.15) is 11.5 Å². The molecule has 3 heteroatoms. The minimum atomic E-state index is 0.430. The van der Waals surface area contributed by atoms with Gasteiger partial charge in [-0.15, -0.1) is 0 Å². The maximum Gasteiger partial charge on any atom is 0.134 e. The van der Waals surface area contributed by atoms with Crippen molar-refractivity contribution in [2.24, 2.45) is 0 Å². The van der Waals surface area contributed by atoms with Gasteiger partial charge in [-0.1, -0.05) is 28.1 Å². The molecular formula is C14H16BrNO. The molecule has 0 bridgehead atoms. The second-order valence-corrected chi connectivity index (χ2v) is 5.08. The third-order valence-corrected chi connectivity index (χ3v) is 3.32. The molecule has 0 amide bonds. The van der Waals surface area contributed by atoms with E-state index in [9.17, 15) is 0 Å². The van der Waals surface area contributed by atoms with Crippen LogP contribution in [0, 0.1) is 0 Å². The summed E-state index contributed by atoms with van der Waals surface area (Å²) in [5.74, 6) is 1.94. The highest BCUT2D eigenvalue weighted by Gasteiger charge is 2.07. The van der Waals surface area contributed by atoms with E-state index in [1.54, 1.807) is 0 Å². The molecule has 2 nitrogen and oxygen atoms in total. The Morgan fingerprint density at radius 1 is 1.18 bits per heavy atom. The lowest BCUT2D eigenvalue weighted by molar-refractivity contribution is 0.481. The predicted octanol–water partition coefficient (Wildman–Crippen LogP) is 3.86. The van der Waals surface area contributed by atoms with Crippen LogP contribution in [0.4, 0.5) is 0 Å². The maximum atomic E-state index is 5.83. The zero-order valence-electron chi connectivity index (χ0n) is 10.0. The summed E-state index contributed by atoms with van der Waals surface area (Å²) in [4.78, 5) is 0. The van der Waals surface area contributed by atoms with Crippen LogP contribution < -0.4 is 5.32 Å². The van der Waals surface area contributed by atoms with Crippen molar-refractivity contribution in [2.45, 2.75) is 19.4 Å². The monoisotopic (exact) mass is 293 g/mol. The van der Waals surface area contributed by atoms with E-state index in [4.69, 9.17) is 4.42 Å². The lowest BCUT2D eigenvalue weighted by Crippen LogP contribution is -2.23. The van der Waals surface area contributed by atoms with Gasteiger partial charge in [0, 0.05) is 22.5 Å². The third kappa shape index (κ3) is 3.20. The summed E-state index contributed by atoms with van der Waals surface area (Å²) in [5, 5.41) is 3.20. The molecule has 1 aromatic carbocycles. The average Bonchev–Trinajstić information content (AvgIpc) is 2.78. The normalized spacial score (nSPS) is 12.6. The number of furan rings is 1. The molecule has 1 N–H and O–H groups in total. The molecule has 0 saturated heterocycles. The Balaban J connectivity index is 2.15. The van der Waals surface area contributed by atoms with E-state index in [1.165, 1.54) is 0 Å². The molecule has 0 fully saturated rings. The molecule has 2 rings (SSSR count). The van der Waals surface area contributed by atoms with Gasteiger partial charge in [0.05, 0.1) is 0 Å². The summed E-state index contributed by atoms with van der Waals surface area (Å²) >= 11 is 3.43. The van der Waals surface area contributed by atoms with Gasteiger partial charge in [-0.25, -0.2) is 0 Å². The molecule has 0 aliphatic heterocycles. The molecular weight excluding hydrogens is 278 g/mol. The van der Waals surface area contributed by atoms with Crippen LogP contribution >= 0.6 is 15.9 Å². The van der Waals surface area contributed by atoms with Crippen LogP contribution in [-0.2, 0) is 6.42 Å². The SMILES string of the molecule is CNC(C)Cc1ccc(-c2ccc(Br)cc2)o1. The Morgan fingerprint density at radius 3 is 2.53 bits per heavy atom. The van der Waals surface area contributed by atoms with Crippen molar-refractivity contribution in [3.05, 3.63) is 46.6 Å². The van der Waals surface area contributed by atoms with Crippen LogP contribution in [0.15, 0.2) is 45.3 Å². The summed E-state index contributed by atoms with van der Waals surface area (Å²) in [5.41, 5.74) is 1.11. The molecule has 90 valence electrons. The molecule has 17 heavy (non-hydrogen) atoms. The number of hydrogen-bond donors (Lipinski definition) is 1. The Hall–Kier alpha value is -1.06. The van der Waals surface area contributed by atoms with Crippen molar-refractivity contribution in [3.63, 3.8) is 0 Å². The van der Waals surface area contributed by atoms with Crippen molar-refractivity contribution in [3.8, 4) is 11.3 Å². The minimum Gasteiger partial charge on any atom is -0.461 e. The molecule has 0 aliphatic rings. The molecule has 2 aromatic rings. The molecule has 0 saturated carbocycles. The van der Waals surface area contributed by atoms with Gasteiger partial charge in [-0.05, 0) is 38.2 Å². The van der Waals surface area contributed by atoms with Crippen molar-refractivity contribution in [1.29, 1.82) is 0 Å². The van der Waals surface area contributed by atoms with Gasteiger partial charge >= 0.3 is 0 Å². The first kappa shape index (κ1) is 12.4. The van der Waals surface area contributed by atoms with Gasteiger partial charge < -0.3 is 9.73 Å². The minimum absolute atomic E-state index is 0.430. The third-order valence-electron chi connectivity index (χ3n) is 2.79. The number of likely N-dealkylation sites (N-methyl/N-ethyl adjacent to an activating group) is 1. The van der Waals surface area contributed by atoms with Crippen LogP contribution in [0.5, 0.6) is 0 Å². The van der Waals surface area contributed by atoms with Crippen LogP contribution in [0.1, 0.15) is 12.7 Å². The average molecular weight is 294 g/mol. The Kier molecular flexibility index (Phi) is 4.02. The second kappa shape index (κ2) is 5.52. The van der Waals surface area contributed by atoms with E-state index in [1.807, 2.05) is 43.4 Å². The van der Waals surface area contributed by atoms with Crippen molar-refractivity contribution < 1.29 is 4.42 Å². The number of hydrogen-bond acceptors (Lipinski definition) is 2. The van der Waals surface area contributed by atoms with Crippen LogP contribution in [-0.4, -0.2) is 13.1 Å². The Bertz CT molecular complexity index is 475. The fourth-order valence-corrected chi connectivity index (χ4v) is 1.93. The largest absolute Gasteiger partial charge is 0.461 e. The Labute approximate surface area is 110 Å². The van der Waals surface area contributed by atoms with Crippen molar-refractivity contribution in [1.82, 2.24) is 5.32 Å². The van der Waals surface area contributed by atoms with E-state index in [0.29, 0.717) is 6.04 Å². The predicted molar refractivity (Wildman–Crippen MR) is 74.1 cm³/mol. The summed E-state index contributed by atoms with van der Waals surface area (Å²) in [7, 11) is 1.96. The molecule has 1 heterocycles. The van der Waals surface area contributed by atoms with Crippen LogP contribution in [0.2, 0.25) is 0 Å². The zero-order valence-corrected chi connectivity index (χ0v) is 11.6. The lowest BCUT2D eigenvalue weighted by atomic mass is 10.2. The maximum absolute atomic E-state index is 5.83. The van der Waals surface area contributed by atoms with Gasteiger partial charge in [0.2, 0.25) is 0 Å². The van der Waals surface area contributed by atoms with Crippen molar-refractivity contribution >= 4 is 15.9 Å². The van der Waals surface area contributed by atoms with Crippen LogP contribution in [0.3, 0.4) is 0 Å². The number of benzene rings is 1. The summed E-state index contributed by atoms with van der Waals surface area (Å²) in [6.07, 6.45) is 0.910. The second-order valence-electron chi connectivity index (χ2n) is 4.17. The molecule has 0 aliphatic carbocycles. The lowest BCUT2D eigenvalue weighted by Gasteiger charge is -2.06. The number of halogens is 1. The van der Waals surface area contributed by atoms with E-state index in [-0.39, 0.29) is 0 Å². The first-order chi connectivity index (χ1) is 8.19. The Morgan fingerprint density at radius 2 is 1.88 bits per heavy atom. The van der Waals surface area contributed by atoms with Gasteiger partial charge in [0.25, 0.3) is 0 Å². The quantitative estimate of drug-likeness (QED) is 0.926. The topological polar surface area (TPSA) is 25.2 Å². The number of rotatable bonds is 4. The first-order valence-electron chi connectivity index (χ1n) is 5.71. The zero-order chi connectivity index (χ0) is 12.3. The molecule has 1 unspecified atom stereocenters. The summed E-state index contributed by atoms with van der Waals surface area (Å²) in [6.45, 7) is 2.14. The standard InChI is InChI=1S/C14H16BrNO/c1-10(16-2)9-13-7-8-14(17-13)11-3-5-12(15)6-4-11/h3-8,10,16H,9H2,1-2H3. The molecule has 0 radical (unpaired) electrons. The molecule has 1 aromatic heterocycles. The highest BCUT2D eigenvalue weighted by atomic mass is 79.9. The van der Waals surface area contributed by atoms with Crippen LogP contribution in [0.25, 0.3) is 11.3 Å². The smallest absolute Gasteiger partial charge is 0.134 e. The van der Waals surface area contributed by atoms with Gasteiger partial charge in [-0.2, -0.15) is 0 Å². The first-order valence-corrected chi connectivity index (χ1v) is 6.50. The fourth-order valence-electron chi connectivity index (χ4n) is 1.66. The highest BCUT2D eigenvalue weighted by molar-refractivity contribution is 9.10. The van der Waals surface area contributed by atoms with E-state index in [0.717, 1.165) is 28.0 Å². The van der Waals surface area contributed by atoms with Crippen molar-refractivity contribution in [2.75, 3.05) is 7.05 Å². The van der Waals surface area contributed by atoms with E-state index < -0.39 is 0 Å².